The summed E-state index contributed by atoms with van der Waals surface area (Å²) in [5.74, 6) is -14.5. The maximum atomic E-state index is 13.5. The van der Waals surface area contributed by atoms with Gasteiger partial charge in [0.15, 0.2) is 0 Å². The zero-order valence-electron chi connectivity index (χ0n) is 10.3. The molecule has 0 heterocycles. The molecule has 1 aromatic rings. The minimum atomic E-state index is -7.27. The summed E-state index contributed by atoms with van der Waals surface area (Å²) in [7, 11) is -6.54. The van der Waals surface area contributed by atoms with E-state index in [1.807, 2.05) is 0 Å². The highest BCUT2D eigenvalue weighted by atomic mass is 79.9. The van der Waals surface area contributed by atoms with Crippen molar-refractivity contribution in [3.8, 4) is 0 Å². The Bertz CT molecular complexity index is 679. The van der Waals surface area contributed by atoms with Gasteiger partial charge in [-0.05, 0) is 24.3 Å². The highest BCUT2D eigenvalue weighted by Gasteiger charge is 2.85. The predicted molar refractivity (Wildman–Crippen MR) is 62.2 cm³/mol. The molecule has 0 saturated carbocycles. The maximum absolute atomic E-state index is 13.5. The van der Waals surface area contributed by atoms with Crippen LogP contribution in [0.1, 0.15) is 0 Å². The van der Waals surface area contributed by atoms with E-state index in [0.717, 1.165) is 12.1 Å². The zero-order valence-corrected chi connectivity index (χ0v) is 12.7. The van der Waals surface area contributed by atoms with Crippen LogP contribution in [0.3, 0.4) is 0 Å². The molecule has 0 fully saturated rings. The number of alkyl halides is 9. The van der Waals surface area contributed by atoms with Crippen molar-refractivity contribution < 1.29 is 47.9 Å². The molecule has 23 heavy (non-hydrogen) atoms. The molecule has 2 nitrogen and oxygen atoms in total. The third-order valence-electron chi connectivity index (χ3n) is 2.58. The summed E-state index contributed by atoms with van der Waals surface area (Å²) < 4.78 is 137. The normalized spacial score (nSPS) is 14.9. The molecule has 0 aliphatic heterocycles. The first-order chi connectivity index (χ1) is 10.00. The third kappa shape index (κ3) is 2.92. The fourth-order valence-corrected chi connectivity index (χ4v) is 2.81. The van der Waals surface area contributed by atoms with Gasteiger partial charge in [0.1, 0.15) is 0 Å². The van der Waals surface area contributed by atoms with E-state index in [1.54, 1.807) is 0 Å². The number of hydrogen-bond acceptors (Lipinski definition) is 2. The molecule has 0 saturated heterocycles. The average molecular weight is 439 g/mol. The van der Waals surface area contributed by atoms with E-state index in [1.165, 1.54) is 0 Å². The van der Waals surface area contributed by atoms with Gasteiger partial charge in [0.05, 0.1) is 4.90 Å². The summed E-state index contributed by atoms with van der Waals surface area (Å²) in [6.45, 7) is 0. The Morgan fingerprint density at radius 1 is 0.739 bits per heavy atom. The van der Waals surface area contributed by atoms with Crippen LogP contribution in [0.5, 0.6) is 0 Å². The molecule has 13 heteroatoms. The number of halogens is 10. The summed E-state index contributed by atoms with van der Waals surface area (Å²) in [6, 6.07) is 2.27. The van der Waals surface area contributed by atoms with Crippen LogP contribution >= 0.6 is 15.9 Å². The van der Waals surface area contributed by atoms with Crippen molar-refractivity contribution in [3.63, 3.8) is 0 Å². The van der Waals surface area contributed by atoms with E-state index in [-0.39, 0.29) is 4.47 Å². The third-order valence-corrected chi connectivity index (χ3v) is 4.93. The highest BCUT2D eigenvalue weighted by molar-refractivity contribution is 9.10. The van der Waals surface area contributed by atoms with Gasteiger partial charge in [0.2, 0.25) is 9.84 Å². The van der Waals surface area contributed by atoms with Gasteiger partial charge in [-0.15, -0.1) is 0 Å². The number of hydrogen-bond donors (Lipinski definition) is 0. The van der Waals surface area contributed by atoms with E-state index in [4.69, 9.17) is 0 Å². The van der Waals surface area contributed by atoms with Gasteiger partial charge in [-0.25, -0.2) is 8.42 Å². The Kier molecular flexibility index (Phi) is 4.83. The lowest BCUT2D eigenvalue weighted by Crippen LogP contribution is -2.63. The lowest BCUT2D eigenvalue weighted by Gasteiger charge is -2.33. The molecule has 0 spiro atoms. The summed E-state index contributed by atoms with van der Waals surface area (Å²) in [4.78, 5) is -1.55. The molecule has 0 unspecified atom stereocenters. The fraction of sp³-hybridized carbons (Fsp3) is 0.400. The Morgan fingerprint density at radius 3 is 1.48 bits per heavy atom. The van der Waals surface area contributed by atoms with Crippen molar-refractivity contribution in [1.29, 1.82) is 0 Å². The Labute approximate surface area is 131 Å². The smallest absolute Gasteiger partial charge is 0.217 e. The van der Waals surface area contributed by atoms with Crippen molar-refractivity contribution in [3.05, 3.63) is 28.7 Å². The Hall–Kier alpha value is -0.980. The van der Waals surface area contributed by atoms with E-state index < -0.39 is 38.0 Å². The highest BCUT2D eigenvalue weighted by Crippen LogP contribution is 2.55. The van der Waals surface area contributed by atoms with E-state index >= 15 is 0 Å². The molecule has 0 N–H and O–H groups in total. The predicted octanol–water partition coefficient (Wildman–Crippen LogP) is 4.65. The van der Waals surface area contributed by atoms with Crippen LogP contribution in [0.2, 0.25) is 0 Å². The van der Waals surface area contributed by atoms with Crippen molar-refractivity contribution in [2.75, 3.05) is 0 Å². The molecule has 0 aliphatic carbocycles. The quantitative estimate of drug-likeness (QED) is 0.641. The minimum absolute atomic E-state index is 0.118. The first-order valence-corrected chi connectivity index (χ1v) is 7.48. The van der Waals surface area contributed by atoms with Crippen LogP contribution in [0.25, 0.3) is 0 Å². The molecule has 0 atom stereocenters. The Balaban J connectivity index is 3.53. The van der Waals surface area contributed by atoms with Gasteiger partial charge in [-0.1, -0.05) is 15.9 Å². The average Bonchev–Trinajstić information content (AvgIpc) is 2.37. The largest absolute Gasteiger partial charge is 0.460 e. The second-order valence-electron chi connectivity index (χ2n) is 4.12. The molecule has 1 aromatic carbocycles. The van der Waals surface area contributed by atoms with Crippen LogP contribution in [-0.2, 0) is 9.84 Å². The van der Waals surface area contributed by atoms with Crippen molar-refractivity contribution in [1.82, 2.24) is 0 Å². The van der Waals surface area contributed by atoms with E-state index in [9.17, 15) is 47.9 Å². The van der Waals surface area contributed by atoms with Gasteiger partial charge in [-0.2, -0.15) is 39.5 Å². The maximum Gasteiger partial charge on any atom is 0.460 e. The first kappa shape index (κ1) is 20.1. The molecule has 0 bridgehead atoms. The minimum Gasteiger partial charge on any atom is -0.217 e. The monoisotopic (exact) mass is 438 g/mol. The summed E-state index contributed by atoms with van der Waals surface area (Å²) in [5.41, 5.74) is 0. The molecule has 0 radical (unpaired) electrons. The standard InChI is InChI=1S/C10H4BrF9O2S/c11-5-1-3-6(4-2-5)23(21,22)10(19,20)8(14,15)7(12,13)9(16,17)18/h1-4H. The summed E-state index contributed by atoms with van der Waals surface area (Å²) in [6.07, 6.45) is -7.09. The molecular formula is C10H4BrF9O2S. The second kappa shape index (κ2) is 5.53. The molecule has 0 aromatic heterocycles. The van der Waals surface area contributed by atoms with Gasteiger partial charge in [0.25, 0.3) is 0 Å². The number of benzene rings is 1. The number of sulfone groups is 1. The Morgan fingerprint density at radius 2 is 1.13 bits per heavy atom. The van der Waals surface area contributed by atoms with Crippen molar-refractivity contribution >= 4 is 25.8 Å². The zero-order chi connectivity index (χ0) is 18.5. The lowest BCUT2D eigenvalue weighted by molar-refractivity contribution is -0.382. The van der Waals surface area contributed by atoms with Gasteiger partial charge in [-0.3, -0.25) is 0 Å². The molecule has 132 valence electrons. The topological polar surface area (TPSA) is 34.1 Å². The summed E-state index contributed by atoms with van der Waals surface area (Å²) in [5, 5.41) is -6.72. The van der Waals surface area contributed by atoms with E-state index in [2.05, 4.69) is 15.9 Å². The van der Waals surface area contributed by atoms with Crippen LogP contribution < -0.4 is 0 Å². The molecule has 0 aliphatic rings. The van der Waals surface area contributed by atoms with Crippen LogP contribution in [-0.4, -0.2) is 31.7 Å². The van der Waals surface area contributed by atoms with Crippen molar-refractivity contribution in [2.45, 2.75) is 28.2 Å². The van der Waals surface area contributed by atoms with Gasteiger partial charge >= 0.3 is 23.3 Å². The SMILES string of the molecule is O=S(=O)(c1ccc(Br)cc1)C(F)(F)C(F)(F)C(F)(F)C(F)(F)F. The lowest BCUT2D eigenvalue weighted by atomic mass is 10.1. The summed E-state index contributed by atoms with van der Waals surface area (Å²) >= 11 is 2.76. The van der Waals surface area contributed by atoms with Crippen LogP contribution in [0, 0.1) is 0 Å². The fourth-order valence-electron chi connectivity index (χ4n) is 1.29. The molecule has 0 amide bonds. The van der Waals surface area contributed by atoms with Crippen LogP contribution in [0.15, 0.2) is 33.6 Å². The van der Waals surface area contributed by atoms with E-state index in [0.29, 0.717) is 12.1 Å². The van der Waals surface area contributed by atoms with Crippen molar-refractivity contribution in [2.24, 2.45) is 0 Å². The molecular weight excluding hydrogens is 435 g/mol. The van der Waals surface area contributed by atoms with Gasteiger partial charge in [0, 0.05) is 4.47 Å². The first-order valence-electron chi connectivity index (χ1n) is 5.20. The molecule has 1 rings (SSSR count). The van der Waals surface area contributed by atoms with Gasteiger partial charge < -0.3 is 0 Å². The number of rotatable bonds is 4. The second-order valence-corrected chi connectivity index (χ2v) is 7.03. The van der Waals surface area contributed by atoms with Crippen LogP contribution in [0.4, 0.5) is 39.5 Å².